The fraction of sp³-hybridized carbons (Fsp3) is 0.484. The van der Waals surface area contributed by atoms with Gasteiger partial charge in [0.1, 0.15) is 0 Å². The van der Waals surface area contributed by atoms with Gasteiger partial charge in [-0.3, -0.25) is 4.79 Å². The zero-order chi connectivity index (χ0) is 30.6. The molecule has 2 rings (SSSR count). The van der Waals surface area contributed by atoms with Crippen molar-refractivity contribution in [3.8, 4) is 0 Å². The molecule has 1 unspecified atom stereocenters. The number of aliphatic hydroxyl groups is 1. The van der Waals surface area contributed by atoms with E-state index in [4.69, 9.17) is 0 Å². The Kier molecular flexibility index (Phi) is 13.0. The average molecular weight is 587 g/mol. The molecule has 0 fully saturated rings. The van der Waals surface area contributed by atoms with Crippen molar-refractivity contribution in [2.24, 2.45) is 5.92 Å². The standard InChI is InChI=1S/C31H46N4O5S/c1-22(2)17-18-26(33-30(38)34-31(4,5)6)28(36)27(21-25-15-11-8-12-16-25)32-29(37)23(3)35-41(39,40)20-19-24-13-9-7-10-14-24/h7-16,19-20,22-23,26-28,35-36H,17-18,21H2,1-6H3,(H,32,37)(H2,33,34,38)/b20-19+/t23-,26?,27-,28-/m0/s1. The topological polar surface area (TPSA) is 137 Å². The Morgan fingerprint density at radius 1 is 0.878 bits per heavy atom. The summed E-state index contributed by atoms with van der Waals surface area (Å²) < 4.78 is 27.7. The molecule has 2 aromatic carbocycles. The van der Waals surface area contributed by atoms with Crippen LogP contribution < -0.4 is 20.7 Å². The molecular formula is C31H46N4O5S. The number of carbonyl (C=O) groups is 2. The zero-order valence-corrected chi connectivity index (χ0v) is 25.7. The highest BCUT2D eigenvalue weighted by Gasteiger charge is 2.32. The highest BCUT2D eigenvalue weighted by molar-refractivity contribution is 7.92. The van der Waals surface area contributed by atoms with Crippen LogP contribution in [0.3, 0.4) is 0 Å². The first-order chi connectivity index (χ1) is 19.1. The Hall–Kier alpha value is -3.21. The number of amides is 3. The van der Waals surface area contributed by atoms with Gasteiger partial charge in [-0.1, -0.05) is 74.5 Å². The second kappa shape index (κ2) is 15.7. The third-order valence-corrected chi connectivity index (χ3v) is 7.46. The van der Waals surface area contributed by atoms with Crippen molar-refractivity contribution in [3.05, 3.63) is 77.2 Å². The summed E-state index contributed by atoms with van der Waals surface area (Å²) in [7, 11) is -3.93. The van der Waals surface area contributed by atoms with E-state index in [0.717, 1.165) is 17.4 Å². The van der Waals surface area contributed by atoms with Crippen LogP contribution in [0.2, 0.25) is 0 Å². The summed E-state index contributed by atoms with van der Waals surface area (Å²) in [5.74, 6) is -0.263. The molecule has 4 atom stereocenters. The molecule has 226 valence electrons. The lowest BCUT2D eigenvalue weighted by atomic mass is 9.91. The summed E-state index contributed by atoms with van der Waals surface area (Å²) in [6, 6.07) is 15.3. The van der Waals surface area contributed by atoms with E-state index >= 15 is 0 Å². The van der Waals surface area contributed by atoms with E-state index in [1.165, 1.54) is 13.0 Å². The molecule has 10 heteroatoms. The fourth-order valence-electron chi connectivity index (χ4n) is 4.17. The highest BCUT2D eigenvalue weighted by atomic mass is 32.2. The zero-order valence-electron chi connectivity index (χ0n) is 24.9. The molecule has 0 aliphatic carbocycles. The Morgan fingerprint density at radius 2 is 1.46 bits per heavy atom. The Bertz CT molecular complexity index is 1230. The average Bonchev–Trinajstić information content (AvgIpc) is 2.89. The molecule has 0 spiro atoms. The van der Waals surface area contributed by atoms with E-state index in [0.29, 0.717) is 17.9 Å². The number of urea groups is 1. The minimum Gasteiger partial charge on any atom is -0.389 e. The van der Waals surface area contributed by atoms with Gasteiger partial charge in [-0.2, -0.15) is 4.72 Å². The molecule has 0 heterocycles. The summed E-state index contributed by atoms with van der Waals surface area (Å²) >= 11 is 0. The molecule has 5 N–H and O–H groups in total. The van der Waals surface area contributed by atoms with Crippen LogP contribution in [0.4, 0.5) is 4.79 Å². The second-order valence-corrected chi connectivity index (χ2v) is 13.4. The van der Waals surface area contributed by atoms with Gasteiger partial charge in [0.05, 0.1) is 24.2 Å². The molecule has 0 saturated carbocycles. The molecule has 2 aromatic rings. The van der Waals surface area contributed by atoms with Gasteiger partial charge in [-0.15, -0.1) is 0 Å². The minimum atomic E-state index is -3.93. The maximum atomic E-state index is 13.2. The van der Waals surface area contributed by atoms with Crippen LogP contribution in [-0.4, -0.2) is 55.2 Å². The maximum absolute atomic E-state index is 13.2. The van der Waals surface area contributed by atoms with Crippen molar-refractivity contribution in [1.82, 2.24) is 20.7 Å². The third-order valence-electron chi connectivity index (χ3n) is 6.28. The SMILES string of the molecule is CC(C)CCC(NC(=O)NC(C)(C)C)[C@H](O)[C@H](Cc1ccccc1)NC(=O)[C@H](C)NS(=O)(=O)/C=C/c1ccccc1. The van der Waals surface area contributed by atoms with Gasteiger partial charge in [-0.05, 0) is 70.1 Å². The number of sulfonamides is 1. The largest absolute Gasteiger partial charge is 0.389 e. The molecule has 0 saturated heterocycles. The molecule has 9 nitrogen and oxygen atoms in total. The van der Waals surface area contributed by atoms with E-state index in [-0.39, 0.29) is 6.42 Å². The maximum Gasteiger partial charge on any atom is 0.315 e. The first-order valence-corrected chi connectivity index (χ1v) is 15.6. The van der Waals surface area contributed by atoms with Gasteiger partial charge < -0.3 is 21.1 Å². The molecule has 41 heavy (non-hydrogen) atoms. The van der Waals surface area contributed by atoms with Crippen LogP contribution in [0.15, 0.2) is 66.1 Å². The van der Waals surface area contributed by atoms with Crippen LogP contribution in [0, 0.1) is 5.92 Å². The Morgan fingerprint density at radius 3 is 2.02 bits per heavy atom. The Balaban J connectivity index is 2.23. The van der Waals surface area contributed by atoms with Crippen molar-refractivity contribution < 1.29 is 23.1 Å². The van der Waals surface area contributed by atoms with E-state index in [1.54, 1.807) is 24.3 Å². The van der Waals surface area contributed by atoms with Gasteiger partial charge in [0.2, 0.25) is 15.9 Å². The van der Waals surface area contributed by atoms with Gasteiger partial charge in [-0.25, -0.2) is 13.2 Å². The van der Waals surface area contributed by atoms with Crippen molar-refractivity contribution in [1.29, 1.82) is 0 Å². The summed E-state index contributed by atoms with van der Waals surface area (Å²) in [5, 5.41) is 21.2. The number of nitrogens with one attached hydrogen (secondary N) is 4. The van der Waals surface area contributed by atoms with Crippen LogP contribution in [0.25, 0.3) is 6.08 Å². The number of benzene rings is 2. The van der Waals surface area contributed by atoms with Gasteiger partial charge in [0, 0.05) is 10.9 Å². The van der Waals surface area contributed by atoms with Crippen LogP contribution in [0.1, 0.15) is 65.5 Å². The number of carbonyl (C=O) groups excluding carboxylic acids is 2. The molecular weight excluding hydrogens is 540 g/mol. The minimum absolute atomic E-state index is 0.280. The lowest BCUT2D eigenvalue weighted by Crippen LogP contribution is -2.59. The predicted molar refractivity (Wildman–Crippen MR) is 164 cm³/mol. The highest BCUT2D eigenvalue weighted by Crippen LogP contribution is 2.16. The monoisotopic (exact) mass is 586 g/mol. The number of aliphatic hydroxyl groups excluding tert-OH is 1. The number of hydrogen-bond acceptors (Lipinski definition) is 5. The summed E-state index contributed by atoms with van der Waals surface area (Å²) in [5.41, 5.74) is 1.10. The fourth-order valence-corrected chi connectivity index (χ4v) is 5.19. The molecule has 0 radical (unpaired) electrons. The van der Waals surface area contributed by atoms with Crippen molar-refractivity contribution in [2.45, 2.75) is 90.6 Å². The summed E-state index contributed by atoms with van der Waals surface area (Å²) in [6.07, 6.45) is 1.81. The first-order valence-electron chi connectivity index (χ1n) is 14.0. The van der Waals surface area contributed by atoms with Crippen LogP contribution in [-0.2, 0) is 21.2 Å². The summed E-state index contributed by atoms with van der Waals surface area (Å²) in [4.78, 5) is 26.0. The normalized spacial score (nSPS) is 15.2. The lowest BCUT2D eigenvalue weighted by molar-refractivity contribution is -0.124. The molecule has 3 amide bonds. The predicted octanol–water partition coefficient (Wildman–Crippen LogP) is 3.96. The quantitative estimate of drug-likeness (QED) is 0.228. The van der Waals surface area contributed by atoms with Crippen molar-refractivity contribution >= 4 is 28.0 Å². The second-order valence-electron chi connectivity index (χ2n) is 11.8. The third kappa shape index (κ3) is 13.3. The number of rotatable bonds is 14. The molecule has 0 aromatic heterocycles. The van der Waals surface area contributed by atoms with Crippen molar-refractivity contribution in [3.63, 3.8) is 0 Å². The van der Waals surface area contributed by atoms with E-state index < -0.39 is 51.7 Å². The van der Waals surface area contributed by atoms with E-state index in [1.807, 2.05) is 57.2 Å². The molecule has 0 aliphatic heterocycles. The van der Waals surface area contributed by atoms with Gasteiger partial charge >= 0.3 is 6.03 Å². The van der Waals surface area contributed by atoms with E-state index in [2.05, 4.69) is 34.5 Å². The first kappa shape index (κ1) is 34.0. The van der Waals surface area contributed by atoms with Crippen LogP contribution in [0.5, 0.6) is 0 Å². The molecule has 0 bridgehead atoms. The van der Waals surface area contributed by atoms with Gasteiger partial charge in [0.15, 0.2) is 0 Å². The lowest BCUT2D eigenvalue weighted by Gasteiger charge is -2.33. The number of hydrogen-bond donors (Lipinski definition) is 5. The van der Waals surface area contributed by atoms with Crippen molar-refractivity contribution in [2.75, 3.05) is 0 Å². The summed E-state index contributed by atoms with van der Waals surface area (Å²) in [6.45, 7) is 11.1. The van der Waals surface area contributed by atoms with E-state index in [9.17, 15) is 23.1 Å². The van der Waals surface area contributed by atoms with Gasteiger partial charge in [0.25, 0.3) is 0 Å². The Labute approximate surface area is 245 Å². The molecule has 0 aliphatic rings. The van der Waals surface area contributed by atoms with Crippen LogP contribution >= 0.6 is 0 Å². The smallest absolute Gasteiger partial charge is 0.315 e.